The van der Waals surface area contributed by atoms with Crippen LogP contribution in [0.2, 0.25) is 0 Å². The first-order valence-electron chi connectivity index (χ1n) is 6.28. The number of hydrogen-bond acceptors (Lipinski definition) is 2. The number of rotatable bonds is 3. The van der Waals surface area contributed by atoms with Crippen molar-refractivity contribution in [3.05, 3.63) is 27.5 Å². The zero-order chi connectivity index (χ0) is 12.4. The Morgan fingerprint density at radius 1 is 1.59 bits per heavy atom. The number of allylic oxidation sites excluding steroid dienone is 1. The standard InChI is InChI=1S/C13H20BrN3/c1-3-17-12(13(14)9(2)16-17)8-10-5-4-6-11(15)7-10/h7,11H,3-6,8,15H2,1-2H3. The van der Waals surface area contributed by atoms with Gasteiger partial charge in [-0.2, -0.15) is 5.10 Å². The first-order chi connectivity index (χ1) is 8.11. The molecule has 0 bridgehead atoms. The van der Waals surface area contributed by atoms with Gasteiger partial charge in [-0.05, 0) is 49.0 Å². The van der Waals surface area contributed by atoms with Gasteiger partial charge in [0.05, 0.1) is 15.9 Å². The first kappa shape index (κ1) is 12.8. The third-order valence-electron chi connectivity index (χ3n) is 3.33. The Morgan fingerprint density at radius 2 is 2.35 bits per heavy atom. The molecule has 0 fully saturated rings. The molecule has 0 amide bonds. The van der Waals surface area contributed by atoms with Crippen LogP contribution in [0.25, 0.3) is 0 Å². The third-order valence-corrected chi connectivity index (χ3v) is 4.36. The molecule has 0 aromatic carbocycles. The lowest BCUT2D eigenvalue weighted by atomic mass is 9.93. The highest BCUT2D eigenvalue weighted by molar-refractivity contribution is 9.10. The lowest BCUT2D eigenvalue weighted by Gasteiger charge is -2.18. The van der Waals surface area contributed by atoms with Gasteiger partial charge in [-0.1, -0.05) is 11.6 Å². The van der Waals surface area contributed by atoms with Crippen LogP contribution in [-0.4, -0.2) is 15.8 Å². The molecule has 1 aromatic heterocycles. The average Bonchev–Trinajstić information content (AvgIpc) is 2.57. The lowest BCUT2D eigenvalue weighted by Crippen LogP contribution is -2.21. The molecule has 0 spiro atoms. The summed E-state index contributed by atoms with van der Waals surface area (Å²) in [5.74, 6) is 0. The fourth-order valence-corrected chi connectivity index (χ4v) is 2.86. The van der Waals surface area contributed by atoms with Crippen LogP contribution in [0, 0.1) is 6.92 Å². The smallest absolute Gasteiger partial charge is 0.0738 e. The summed E-state index contributed by atoms with van der Waals surface area (Å²) in [7, 11) is 0. The minimum absolute atomic E-state index is 0.247. The van der Waals surface area contributed by atoms with Crippen molar-refractivity contribution in [1.82, 2.24) is 9.78 Å². The minimum atomic E-state index is 0.247. The molecular formula is C13H20BrN3. The van der Waals surface area contributed by atoms with Gasteiger partial charge in [0.1, 0.15) is 0 Å². The zero-order valence-corrected chi connectivity index (χ0v) is 12.1. The minimum Gasteiger partial charge on any atom is -0.324 e. The molecule has 0 saturated carbocycles. The van der Waals surface area contributed by atoms with Crippen LogP contribution >= 0.6 is 15.9 Å². The molecule has 1 atom stereocenters. The van der Waals surface area contributed by atoms with Gasteiger partial charge >= 0.3 is 0 Å². The topological polar surface area (TPSA) is 43.8 Å². The van der Waals surface area contributed by atoms with Crippen molar-refractivity contribution >= 4 is 15.9 Å². The van der Waals surface area contributed by atoms with Gasteiger partial charge in [0.2, 0.25) is 0 Å². The van der Waals surface area contributed by atoms with Gasteiger partial charge in [0.15, 0.2) is 0 Å². The van der Waals surface area contributed by atoms with Crippen molar-refractivity contribution in [3.8, 4) is 0 Å². The summed E-state index contributed by atoms with van der Waals surface area (Å²) < 4.78 is 3.24. The van der Waals surface area contributed by atoms with Crippen LogP contribution in [0.15, 0.2) is 16.1 Å². The van der Waals surface area contributed by atoms with Crippen LogP contribution in [0.1, 0.15) is 37.6 Å². The normalized spacial score (nSPS) is 20.5. The van der Waals surface area contributed by atoms with E-state index in [1.54, 1.807) is 0 Å². The second-order valence-corrected chi connectivity index (χ2v) is 5.51. The predicted molar refractivity (Wildman–Crippen MR) is 74.0 cm³/mol. The van der Waals surface area contributed by atoms with E-state index in [2.05, 4.69) is 38.7 Å². The van der Waals surface area contributed by atoms with Gasteiger partial charge < -0.3 is 5.73 Å². The number of nitrogens with two attached hydrogens (primary N) is 1. The van der Waals surface area contributed by atoms with Crippen LogP contribution in [0.4, 0.5) is 0 Å². The summed E-state index contributed by atoms with van der Waals surface area (Å²) in [6, 6.07) is 0.247. The second kappa shape index (κ2) is 5.36. The molecule has 4 heteroatoms. The first-order valence-corrected chi connectivity index (χ1v) is 7.08. The highest BCUT2D eigenvalue weighted by Crippen LogP contribution is 2.27. The molecule has 3 nitrogen and oxygen atoms in total. The Hall–Kier alpha value is -0.610. The number of nitrogens with zero attached hydrogens (tertiary/aromatic N) is 2. The molecule has 2 rings (SSSR count). The van der Waals surface area contributed by atoms with E-state index in [1.165, 1.54) is 24.1 Å². The summed E-state index contributed by atoms with van der Waals surface area (Å²) in [5.41, 5.74) is 9.79. The second-order valence-electron chi connectivity index (χ2n) is 4.72. The number of halogens is 1. The maximum atomic E-state index is 5.98. The van der Waals surface area contributed by atoms with Crippen molar-refractivity contribution in [2.45, 2.75) is 52.1 Å². The van der Waals surface area contributed by atoms with Crippen LogP contribution in [-0.2, 0) is 13.0 Å². The van der Waals surface area contributed by atoms with Gasteiger partial charge in [0.25, 0.3) is 0 Å². The SMILES string of the molecule is CCn1nc(C)c(Br)c1CC1=CC(N)CCC1. The molecule has 0 aliphatic heterocycles. The van der Waals surface area contributed by atoms with Crippen molar-refractivity contribution < 1.29 is 0 Å². The van der Waals surface area contributed by atoms with Crippen LogP contribution in [0.5, 0.6) is 0 Å². The number of aryl methyl sites for hydroxylation is 2. The van der Waals surface area contributed by atoms with E-state index in [9.17, 15) is 0 Å². The van der Waals surface area contributed by atoms with Crippen molar-refractivity contribution in [1.29, 1.82) is 0 Å². The Labute approximate surface area is 111 Å². The van der Waals surface area contributed by atoms with E-state index in [0.29, 0.717) is 0 Å². The molecule has 1 heterocycles. The van der Waals surface area contributed by atoms with E-state index in [-0.39, 0.29) is 6.04 Å². The molecule has 0 radical (unpaired) electrons. The van der Waals surface area contributed by atoms with Crippen LogP contribution < -0.4 is 5.73 Å². The molecule has 17 heavy (non-hydrogen) atoms. The Balaban J connectivity index is 2.23. The van der Waals surface area contributed by atoms with Gasteiger partial charge in [0, 0.05) is 19.0 Å². The van der Waals surface area contributed by atoms with E-state index in [4.69, 9.17) is 5.73 Å². The highest BCUT2D eigenvalue weighted by atomic mass is 79.9. The summed E-state index contributed by atoms with van der Waals surface area (Å²) in [5, 5.41) is 4.52. The molecular weight excluding hydrogens is 278 g/mol. The fourth-order valence-electron chi connectivity index (χ4n) is 2.43. The highest BCUT2D eigenvalue weighted by Gasteiger charge is 2.16. The lowest BCUT2D eigenvalue weighted by molar-refractivity contribution is 0.593. The predicted octanol–water partition coefficient (Wildman–Crippen LogP) is 2.95. The van der Waals surface area contributed by atoms with Crippen molar-refractivity contribution in [2.24, 2.45) is 5.73 Å². The molecule has 1 aliphatic carbocycles. The summed E-state index contributed by atoms with van der Waals surface area (Å²) in [6.45, 7) is 5.09. The largest absolute Gasteiger partial charge is 0.324 e. The molecule has 0 saturated heterocycles. The van der Waals surface area contributed by atoms with Crippen LogP contribution in [0.3, 0.4) is 0 Å². The van der Waals surface area contributed by atoms with Crippen molar-refractivity contribution in [3.63, 3.8) is 0 Å². The van der Waals surface area contributed by atoms with E-state index < -0.39 is 0 Å². The number of aromatic nitrogens is 2. The van der Waals surface area contributed by atoms with Gasteiger partial charge in [-0.15, -0.1) is 0 Å². The monoisotopic (exact) mass is 297 g/mol. The zero-order valence-electron chi connectivity index (χ0n) is 10.5. The maximum absolute atomic E-state index is 5.98. The van der Waals surface area contributed by atoms with E-state index >= 15 is 0 Å². The molecule has 2 N–H and O–H groups in total. The quantitative estimate of drug-likeness (QED) is 0.872. The average molecular weight is 298 g/mol. The number of hydrogen-bond donors (Lipinski definition) is 1. The summed E-state index contributed by atoms with van der Waals surface area (Å²) in [6.07, 6.45) is 6.72. The Morgan fingerprint density at radius 3 is 3.00 bits per heavy atom. The van der Waals surface area contributed by atoms with Gasteiger partial charge in [-0.25, -0.2) is 0 Å². The fraction of sp³-hybridized carbons (Fsp3) is 0.615. The van der Waals surface area contributed by atoms with Crippen molar-refractivity contribution in [2.75, 3.05) is 0 Å². The summed E-state index contributed by atoms with van der Waals surface area (Å²) in [4.78, 5) is 0. The molecule has 1 aliphatic rings. The van der Waals surface area contributed by atoms with E-state index in [0.717, 1.165) is 29.6 Å². The Bertz CT molecular complexity index is 434. The summed E-state index contributed by atoms with van der Waals surface area (Å²) >= 11 is 3.64. The third kappa shape index (κ3) is 2.80. The maximum Gasteiger partial charge on any atom is 0.0738 e. The van der Waals surface area contributed by atoms with Gasteiger partial charge in [-0.3, -0.25) is 4.68 Å². The molecule has 94 valence electrons. The Kier molecular flexibility index (Phi) is 4.05. The molecule has 1 unspecified atom stereocenters. The molecule has 1 aromatic rings. The van der Waals surface area contributed by atoms with E-state index in [1.807, 2.05) is 6.92 Å².